The van der Waals surface area contributed by atoms with Crippen molar-refractivity contribution in [3.05, 3.63) is 0 Å². The van der Waals surface area contributed by atoms with Crippen molar-refractivity contribution in [1.82, 2.24) is 9.80 Å². The fourth-order valence-electron chi connectivity index (χ4n) is 3.16. The minimum atomic E-state index is 0.245. The number of carbonyl (C=O) groups is 1. The lowest BCUT2D eigenvalue weighted by atomic mass is 9.84. The molecule has 0 aromatic carbocycles. The molecule has 2 atom stereocenters. The van der Waals surface area contributed by atoms with E-state index in [9.17, 15) is 4.79 Å². The van der Waals surface area contributed by atoms with E-state index < -0.39 is 0 Å². The molecule has 0 spiro atoms. The Bertz CT molecular complexity index is 257. The molecule has 2 aliphatic heterocycles. The Morgan fingerprint density at radius 1 is 1.38 bits per heavy atom. The van der Waals surface area contributed by atoms with E-state index in [1.807, 2.05) is 4.90 Å². The van der Waals surface area contributed by atoms with Crippen molar-refractivity contribution in [2.45, 2.75) is 31.7 Å². The Kier molecular flexibility index (Phi) is 3.82. The fraction of sp³-hybridized carbons (Fsp3) is 0.917. The molecule has 4 nitrogen and oxygen atoms in total. The van der Waals surface area contributed by atoms with E-state index in [1.54, 1.807) is 0 Å². The molecule has 16 heavy (non-hydrogen) atoms. The Hall–Kier alpha value is -0.610. The molecule has 0 aromatic rings. The van der Waals surface area contributed by atoms with Crippen LogP contribution in [0.5, 0.6) is 0 Å². The molecule has 2 fully saturated rings. The van der Waals surface area contributed by atoms with Crippen molar-refractivity contribution in [3.63, 3.8) is 0 Å². The Labute approximate surface area is 97.8 Å². The summed E-state index contributed by atoms with van der Waals surface area (Å²) in [7, 11) is 2.22. The number of hydrogen-bond donors (Lipinski definition) is 1. The summed E-state index contributed by atoms with van der Waals surface area (Å²) >= 11 is 0. The van der Waals surface area contributed by atoms with Gasteiger partial charge >= 0.3 is 0 Å². The number of fused-ring (bicyclic) bond motifs is 1. The van der Waals surface area contributed by atoms with Crippen molar-refractivity contribution in [1.29, 1.82) is 0 Å². The molecule has 2 saturated heterocycles. The van der Waals surface area contributed by atoms with E-state index in [-0.39, 0.29) is 5.91 Å². The van der Waals surface area contributed by atoms with Crippen LogP contribution in [0.2, 0.25) is 0 Å². The molecule has 0 bridgehead atoms. The molecule has 2 rings (SSSR count). The van der Waals surface area contributed by atoms with Gasteiger partial charge in [-0.3, -0.25) is 4.79 Å². The lowest BCUT2D eigenvalue weighted by Crippen LogP contribution is -2.54. The zero-order valence-electron chi connectivity index (χ0n) is 10.2. The highest BCUT2D eigenvalue weighted by molar-refractivity contribution is 5.76. The van der Waals surface area contributed by atoms with E-state index >= 15 is 0 Å². The van der Waals surface area contributed by atoms with Crippen LogP contribution in [0.3, 0.4) is 0 Å². The van der Waals surface area contributed by atoms with E-state index in [2.05, 4.69) is 11.9 Å². The highest BCUT2D eigenvalue weighted by atomic mass is 16.2. The molecule has 0 saturated carbocycles. The number of amides is 1. The average molecular weight is 225 g/mol. The normalized spacial score (nSPS) is 31.2. The second-order valence-electron chi connectivity index (χ2n) is 5.12. The quantitative estimate of drug-likeness (QED) is 0.734. The van der Waals surface area contributed by atoms with Crippen molar-refractivity contribution in [3.8, 4) is 0 Å². The zero-order valence-corrected chi connectivity index (χ0v) is 10.2. The first kappa shape index (κ1) is 11.9. The minimum Gasteiger partial charge on any atom is -0.342 e. The van der Waals surface area contributed by atoms with Crippen molar-refractivity contribution >= 4 is 5.91 Å². The highest BCUT2D eigenvalue weighted by Crippen LogP contribution is 2.29. The maximum atomic E-state index is 11.8. The number of piperidine rings is 2. The van der Waals surface area contributed by atoms with Crippen LogP contribution in [0.4, 0.5) is 0 Å². The van der Waals surface area contributed by atoms with Gasteiger partial charge in [-0.2, -0.15) is 0 Å². The lowest BCUT2D eigenvalue weighted by molar-refractivity contribution is -0.134. The summed E-state index contributed by atoms with van der Waals surface area (Å²) in [4.78, 5) is 16.3. The molecule has 2 unspecified atom stereocenters. The van der Waals surface area contributed by atoms with Gasteiger partial charge in [0.2, 0.25) is 5.91 Å². The third kappa shape index (κ3) is 2.38. The van der Waals surface area contributed by atoms with Gasteiger partial charge in [0.15, 0.2) is 0 Å². The monoisotopic (exact) mass is 225 g/mol. The first-order valence-corrected chi connectivity index (χ1v) is 6.40. The molecule has 92 valence electrons. The molecule has 4 heteroatoms. The Balaban J connectivity index is 1.92. The molecule has 0 aliphatic carbocycles. The second-order valence-corrected chi connectivity index (χ2v) is 5.12. The first-order valence-electron chi connectivity index (χ1n) is 6.40. The van der Waals surface area contributed by atoms with Gasteiger partial charge in [-0.05, 0) is 38.8 Å². The van der Waals surface area contributed by atoms with Gasteiger partial charge in [0, 0.05) is 32.1 Å². The van der Waals surface area contributed by atoms with Crippen LogP contribution in [0.1, 0.15) is 25.7 Å². The van der Waals surface area contributed by atoms with Gasteiger partial charge in [-0.15, -0.1) is 0 Å². The largest absolute Gasteiger partial charge is 0.342 e. The van der Waals surface area contributed by atoms with Gasteiger partial charge in [-0.25, -0.2) is 0 Å². The summed E-state index contributed by atoms with van der Waals surface area (Å²) in [5.41, 5.74) is 5.43. The smallest absolute Gasteiger partial charge is 0.223 e. The van der Waals surface area contributed by atoms with Crippen LogP contribution in [0.15, 0.2) is 0 Å². The van der Waals surface area contributed by atoms with Gasteiger partial charge in [0.25, 0.3) is 0 Å². The highest BCUT2D eigenvalue weighted by Gasteiger charge is 2.35. The Morgan fingerprint density at radius 3 is 2.94 bits per heavy atom. The number of rotatable bonds is 2. The molecule has 2 heterocycles. The van der Waals surface area contributed by atoms with Crippen LogP contribution in [0.25, 0.3) is 0 Å². The average Bonchev–Trinajstić information content (AvgIpc) is 2.29. The predicted molar refractivity (Wildman–Crippen MR) is 64.0 cm³/mol. The number of nitrogens with zero attached hydrogens (tertiary/aromatic N) is 2. The summed E-state index contributed by atoms with van der Waals surface area (Å²) in [6.45, 7) is 3.57. The summed E-state index contributed by atoms with van der Waals surface area (Å²) in [5.74, 6) is 0.934. The Morgan fingerprint density at radius 2 is 2.19 bits per heavy atom. The van der Waals surface area contributed by atoms with E-state index in [0.717, 1.165) is 19.5 Å². The number of hydrogen-bond acceptors (Lipinski definition) is 3. The molecule has 2 aliphatic rings. The summed E-state index contributed by atoms with van der Waals surface area (Å²) in [6, 6.07) is 0.704. The molecule has 0 aromatic heterocycles. The molecule has 0 radical (unpaired) electrons. The summed E-state index contributed by atoms with van der Waals surface area (Å²) in [6.07, 6.45) is 4.20. The first-order chi connectivity index (χ1) is 7.72. The molecular formula is C12H23N3O. The number of nitrogens with two attached hydrogens (primary N) is 1. The van der Waals surface area contributed by atoms with Crippen molar-refractivity contribution < 1.29 is 4.79 Å². The topological polar surface area (TPSA) is 49.6 Å². The van der Waals surface area contributed by atoms with Gasteiger partial charge in [-0.1, -0.05) is 0 Å². The lowest BCUT2D eigenvalue weighted by Gasteiger charge is -2.46. The van der Waals surface area contributed by atoms with Gasteiger partial charge in [0.1, 0.15) is 0 Å². The van der Waals surface area contributed by atoms with E-state index in [1.165, 1.54) is 19.4 Å². The van der Waals surface area contributed by atoms with Crippen molar-refractivity contribution in [2.75, 3.05) is 33.2 Å². The van der Waals surface area contributed by atoms with Crippen LogP contribution in [0, 0.1) is 5.92 Å². The summed E-state index contributed by atoms with van der Waals surface area (Å²) in [5, 5.41) is 0. The van der Waals surface area contributed by atoms with Gasteiger partial charge in [0.05, 0.1) is 0 Å². The number of likely N-dealkylation sites (tertiary alicyclic amines) is 2. The zero-order chi connectivity index (χ0) is 11.5. The minimum absolute atomic E-state index is 0.245. The predicted octanol–water partition coefficient (Wildman–Crippen LogP) is 0.278. The summed E-state index contributed by atoms with van der Waals surface area (Å²) < 4.78 is 0. The second kappa shape index (κ2) is 5.15. The van der Waals surface area contributed by atoms with E-state index in [0.29, 0.717) is 24.9 Å². The van der Waals surface area contributed by atoms with Crippen LogP contribution in [-0.4, -0.2) is 55.0 Å². The maximum absolute atomic E-state index is 11.8. The maximum Gasteiger partial charge on any atom is 0.223 e. The van der Waals surface area contributed by atoms with Crippen molar-refractivity contribution in [2.24, 2.45) is 11.7 Å². The van der Waals surface area contributed by atoms with Gasteiger partial charge < -0.3 is 15.5 Å². The van der Waals surface area contributed by atoms with Crippen LogP contribution in [-0.2, 0) is 4.79 Å². The van der Waals surface area contributed by atoms with E-state index in [4.69, 9.17) is 5.73 Å². The SMILES string of the molecule is CN1CCCC2CN(C(=O)CCN)CCC21. The fourth-order valence-corrected chi connectivity index (χ4v) is 3.16. The number of carbonyl (C=O) groups excluding carboxylic acids is 1. The standard InChI is InChI=1S/C12H23N3O/c1-14-7-2-3-10-9-15(8-5-11(10)14)12(16)4-6-13/h10-11H,2-9,13H2,1H3. The molecule has 1 amide bonds. The third-order valence-electron chi connectivity index (χ3n) is 4.06. The van der Waals surface area contributed by atoms with Crippen LogP contribution >= 0.6 is 0 Å². The van der Waals surface area contributed by atoms with Crippen LogP contribution < -0.4 is 5.73 Å². The molecular weight excluding hydrogens is 202 g/mol. The third-order valence-corrected chi connectivity index (χ3v) is 4.06. The molecule has 2 N–H and O–H groups in total.